The van der Waals surface area contributed by atoms with Crippen LogP contribution in [0.25, 0.3) is 11.3 Å². The van der Waals surface area contributed by atoms with Crippen LogP contribution in [0, 0.1) is 18.5 Å². The van der Waals surface area contributed by atoms with E-state index in [-0.39, 0.29) is 0 Å². The molecule has 0 radical (unpaired) electrons. The third kappa shape index (κ3) is 3.01. The van der Waals surface area contributed by atoms with Crippen molar-refractivity contribution < 1.29 is 13.2 Å². The molecular formula is C13H11F3N2S. The number of alkyl halides is 3. The molecule has 6 heteroatoms. The van der Waals surface area contributed by atoms with Gasteiger partial charge in [0.1, 0.15) is 10.5 Å². The molecule has 0 saturated carbocycles. The van der Waals surface area contributed by atoms with E-state index in [1.807, 2.05) is 0 Å². The first-order valence-corrected chi connectivity index (χ1v) is 5.94. The number of aryl methyl sites for hydroxylation is 2. The number of nitrogens with one attached hydrogen (secondary N) is 1. The van der Waals surface area contributed by atoms with Gasteiger partial charge in [0.05, 0.1) is 5.56 Å². The maximum Gasteiger partial charge on any atom is 0.416 e. The minimum Gasteiger partial charge on any atom is -0.343 e. The molecule has 0 spiro atoms. The van der Waals surface area contributed by atoms with E-state index in [1.165, 1.54) is 6.07 Å². The van der Waals surface area contributed by atoms with Crippen LogP contribution in [0.15, 0.2) is 24.3 Å². The lowest BCUT2D eigenvalue weighted by molar-refractivity contribution is -0.137. The topological polar surface area (TPSA) is 28.7 Å². The van der Waals surface area contributed by atoms with Gasteiger partial charge in [0.15, 0.2) is 0 Å². The van der Waals surface area contributed by atoms with Gasteiger partial charge in [-0.2, -0.15) is 13.2 Å². The van der Waals surface area contributed by atoms with Crippen molar-refractivity contribution in [1.29, 1.82) is 0 Å². The highest BCUT2D eigenvalue weighted by Crippen LogP contribution is 2.32. The Morgan fingerprint density at radius 3 is 2.37 bits per heavy atom. The smallest absolute Gasteiger partial charge is 0.343 e. The summed E-state index contributed by atoms with van der Waals surface area (Å²) in [5.41, 5.74) is 1.23. The molecule has 0 aliphatic carbocycles. The molecule has 100 valence electrons. The van der Waals surface area contributed by atoms with Crippen molar-refractivity contribution in [2.45, 2.75) is 20.0 Å². The molecule has 2 rings (SSSR count). The van der Waals surface area contributed by atoms with Gasteiger partial charge in [-0.05, 0) is 37.6 Å². The largest absolute Gasteiger partial charge is 0.416 e. The maximum atomic E-state index is 12.6. The number of nitrogens with zero attached hydrogens (tertiary/aromatic N) is 1. The number of rotatable bonds is 1. The molecule has 0 aliphatic rings. The first-order valence-electron chi connectivity index (χ1n) is 5.53. The normalized spacial score (nSPS) is 11.6. The second kappa shape index (κ2) is 4.77. The SMILES string of the molecule is Cc1nc(=S)cc(-c2ccc(C(F)(F)F)cc2C)[nH]1. The fourth-order valence-electron chi connectivity index (χ4n) is 1.87. The summed E-state index contributed by atoms with van der Waals surface area (Å²) < 4.78 is 38.2. The summed E-state index contributed by atoms with van der Waals surface area (Å²) in [6, 6.07) is 5.27. The van der Waals surface area contributed by atoms with Crippen molar-refractivity contribution in [3.8, 4) is 11.3 Å². The van der Waals surface area contributed by atoms with Gasteiger partial charge in [-0.25, -0.2) is 4.98 Å². The minimum atomic E-state index is -4.33. The fourth-order valence-corrected chi connectivity index (χ4v) is 2.12. The molecule has 0 bridgehead atoms. The van der Waals surface area contributed by atoms with E-state index in [0.29, 0.717) is 27.3 Å². The highest BCUT2D eigenvalue weighted by atomic mass is 32.1. The van der Waals surface area contributed by atoms with E-state index in [1.54, 1.807) is 19.9 Å². The lowest BCUT2D eigenvalue weighted by Crippen LogP contribution is -2.05. The van der Waals surface area contributed by atoms with E-state index >= 15 is 0 Å². The summed E-state index contributed by atoms with van der Waals surface area (Å²) in [5, 5.41) is 0. The number of hydrogen-bond acceptors (Lipinski definition) is 2. The summed E-state index contributed by atoms with van der Waals surface area (Å²) in [6.45, 7) is 3.38. The predicted octanol–water partition coefficient (Wildman–Crippen LogP) is 4.44. The Kier molecular flexibility index (Phi) is 3.45. The van der Waals surface area contributed by atoms with E-state index in [2.05, 4.69) is 9.97 Å². The molecule has 0 fully saturated rings. The summed E-state index contributed by atoms with van der Waals surface area (Å²) in [6.07, 6.45) is -4.33. The van der Waals surface area contributed by atoms with Crippen molar-refractivity contribution in [1.82, 2.24) is 9.97 Å². The third-order valence-electron chi connectivity index (χ3n) is 2.71. The van der Waals surface area contributed by atoms with E-state index in [9.17, 15) is 13.2 Å². The van der Waals surface area contributed by atoms with Gasteiger partial charge in [-0.1, -0.05) is 18.3 Å². The van der Waals surface area contributed by atoms with Gasteiger partial charge >= 0.3 is 6.18 Å². The van der Waals surface area contributed by atoms with E-state index < -0.39 is 11.7 Å². The van der Waals surface area contributed by atoms with Crippen molar-refractivity contribution in [3.63, 3.8) is 0 Å². The third-order valence-corrected chi connectivity index (χ3v) is 2.91. The molecule has 0 unspecified atom stereocenters. The van der Waals surface area contributed by atoms with Gasteiger partial charge in [0.2, 0.25) is 0 Å². The Balaban J connectivity index is 2.55. The van der Waals surface area contributed by atoms with Gasteiger partial charge < -0.3 is 4.98 Å². The molecule has 1 N–H and O–H groups in total. The zero-order valence-electron chi connectivity index (χ0n) is 10.3. The molecule has 2 aromatic rings. The molecule has 0 amide bonds. The number of benzene rings is 1. The van der Waals surface area contributed by atoms with Crippen LogP contribution in [0.4, 0.5) is 13.2 Å². The highest BCUT2D eigenvalue weighted by Gasteiger charge is 2.30. The average molecular weight is 284 g/mol. The summed E-state index contributed by atoms with van der Waals surface area (Å²) in [4.78, 5) is 7.03. The van der Waals surface area contributed by atoms with Crippen molar-refractivity contribution in [3.05, 3.63) is 45.9 Å². The van der Waals surface area contributed by atoms with Crippen LogP contribution in [0.3, 0.4) is 0 Å². The molecule has 1 heterocycles. The van der Waals surface area contributed by atoms with Gasteiger partial charge in [0, 0.05) is 11.3 Å². The van der Waals surface area contributed by atoms with Crippen LogP contribution in [-0.2, 0) is 6.18 Å². The second-order valence-electron chi connectivity index (χ2n) is 4.25. The van der Waals surface area contributed by atoms with Crippen LogP contribution in [0.2, 0.25) is 0 Å². The zero-order chi connectivity index (χ0) is 14.2. The Labute approximate surface area is 113 Å². The molecule has 0 aliphatic heterocycles. The number of H-pyrrole nitrogens is 1. The molecule has 0 atom stereocenters. The van der Waals surface area contributed by atoms with E-state index in [0.717, 1.165) is 12.1 Å². The van der Waals surface area contributed by atoms with Crippen LogP contribution >= 0.6 is 12.2 Å². The standard InChI is InChI=1S/C13H11F3N2S/c1-7-5-9(13(14,15)16)3-4-10(7)11-6-12(19)18-8(2)17-11/h3-6H,1-2H3,(H,17,18,19). The molecule has 1 aromatic carbocycles. The predicted molar refractivity (Wildman–Crippen MR) is 69.3 cm³/mol. The monoisotopic (exact) mass is 284 g/mol. The zero-order valence-corrected chi connectivity index (χ0v) is 11.1. The highest BCUT2D eigenvalue weighted by molar-refractivity contribution is 7.71. The summed E-state index contributed by atoms with van der Waals surface area (Å²) in [5.74, 6) is 0.627. The van der Waals surface area contributed by atoms with Gasteiger partial charge in [0.25, 0.3) is 0 Å². The Hall–Kier alpha value is -1.69. The van der Waals surface area contributed by atoms with Crippen molar-refractivity contribution in [2.75, 3.05) is 0 Å². The lowest BCUT2D eigenvalue weighted by Gasteiger charge is -2.11. The number of aromatic nitrogens is 2. The number of aromatic amines is 1. The average Bonchev–Trinajstić information content (AvgIpc) is 2.26. The van der Waals surface area contributed by atoms with Gasteiger partial charge in [-0.15, -0.1) is 0 Å². The molecule has 0 saturated heterocycles. The molecular weight excluding hydrogens is 273 g/mol. The Bertz CT molecular complexity index is 674. The van der Waals surface area contributed by atoms with Gasteiger partial charge in [-0.3, -0.25) is 0 Å². The van der Waals surface area contributed by atoms with Crippen LogP contribution in [0.5, 0.6) is 0 Å². The maximum absolute atomic E-state index is 12.6. The first-order chi connectivity index (χ1) is 8.77. The van der Waals surface area contributed by atoms with E-state index in [4.69, 9.17) is 12.2 Å². The Morgan fingerprint density at radius 2 is 1.84 bits per heavy atom. The number of halogens is 3. The van der Waals surface area contributed by atoms with Crippen molar-refractivity contribution in [2.24, 2.45) is 0 Å². The van der Waals surface area contributed by atoms with Crippen LogP contribution in [0.1, 0.15) is 17.0 Å². The first kappa shape index (κ1) is 13.7. The van der Waals surface area contributed by atoms with Crippen LogP contribution in [-0.4, -0.2) is 9.97 Å². The second-order valence-corrected chi connectivity index (χ2v) is 4.66. The molecule has 1 aromatic heterocycles. The minimum absolute atomic E-state index is 0.408. The summed E-state index contributed by atoms with van der Waals surface area (Å²) in [7, 11) is 0. The molecule has 19 heavy (non-hydrogen) atoms. The number of hydrogen-bond donors (Lipinski definition) is 1. The lowest BCUT2D eigenvalue weighted by atomic mass is 10.0. The quantitative estimate of drug-likeness (QED) is 0.784. The summed E-state index contributed by atoms with van der Waals surface area (Å²) >= 11 is 5.00. The fraction of sp³-hybridized carbons (Fsp3) is 0.231. The Morgan fingerprint density at radius 1 is 1.16 bits per heavy atom. The van der Waals surface area contributed by atoms with Crippen molar-refractivity contribution >= 4 is 12.2 Å². The van der Waals surface area contributed by atoms with Crippen LogP contribution < -0.4 is 0 Å². The molecule has 2 nitrogen and oxygen atoms in total.